The summed E-state index contributed by atoms with van der Waals surface area (Å²) in [5.41, 5.74) is 0. The average Bonchev–Trinajstić information content (AvgIpc) is 3.42. The Morgan fingerprint density at radius 3 is 1.65 bits per heavy atom. The molecule has 194 valence electrons. The van der Waals surface area contributed by atoms with Crippen LogP contribution in [0, 0.1) is 35.5 Å². The van der Waals surface area contributed by atoms with Crippen molar-refractivity contribution in [3.63, 3.8) is 0 Å². The van der Waals surface area contributed by atoms with E-state index in [0.717, 1.165) is 54.1 Å². The van der Waals surface area contributed by atoms with Crippen LogP contribution in [0.4, 0.5) is 0 Å². The van der Waals surface area contributed by atoms with E-state index < -0.39 is 0 Å². The van der Waals surface area contributed by atoms with Crippen LogP contribution in [0.3, 0.4) is 0 Å². The first-order valence-electron chi connectivity index (χ1n) is 13.8. The second-order valence-electron chi connectivity index (χ2n) is 11.6. The lowest BCUT2D eigenvalue weighted by molar-refractivity contribution is -0.119. The maximum atomic E-state index is 10.7. The molecular weight excluding hydrogens is 420 g/mol. The van der Waals surface area contributed by atoms with Gasteiger partial charge in [0.05, 0.1) is 0 Å². The van der Waals surface area contributed by atoms with E-state index in [1.807, 2.05) is 30.3 Å². The van der Waals surface area contributed by atoms with Crippen molar-refractivity contribution in [2.24, 2.45) is 35.5 Å². The molecule has 0 aromatic heterocycles. The molecule has 3 aliphatic carbocycles. The highest BCUT2D eigenvalue weighted by molar-refractivity contribution is 5.73. The lowest BCUT2D eigenvalue weighted by Crippen LogP contribution is -2.30. The van der Waals surface area contributed by atoms with Crippen LogP contribution in [0.25, 0.3) is 0 Å². The van der Waals surface area contributed by atoms with Gasteiger partial charge in [0.1, 0.15) is 12.5 Å². The Balaban J connectivity index is 0.000000196. The third-order valence-electron chi connectivity index (χ3n) is 8.62. The molecule has 1 amide bonds. The molecule has 4 heteroatoms. The lowest BCUT2D eigenvalue weighted by Gasteiger charge is -2.13. The molecule has 6 unspecified atom stereocenters. The number of hydrogen-bond acceptors (Lipinski definition) is 3. The third kappa shape index (κ3) is 10.4. The van der Waals surface area contributed by atoms with Crippen LogP contribution in [0.5, 0.6) is 5.75 Å². The van der Waals surface area contributed by atoms with Gasteiger partial charge in [0.2, 0.25) is 5.91 Å². The number of ether oxygens (including phenoxy) is 1. The molecule has 6 atom stereocenters. The third-order valence-corrected chi connectivity index (χ3v) is 8.62. The second-order valence-corrected chi connectivity index (χ2v) is 11.6. The van der Waals surface area contributed by atoms with Crippen molar-refractivity contribution >= 4 is 5.91 Å². The van der Waals surface area contributed by atoms with Crippen LogP contribution in [-0.2, 0) is 4.79 Å². The minimum absolute atomic E-state index is 0.108. The molecular formula is C30H52N2O2. The molecule has 34 heavy (non-hydrogen) atoms. The van der Waals surface area contributed by atoms with Crippen molar-refractivity contribution in [2.75, 3.05) is 6.73 Å². The van der Waals surface area contributed by atoms with E-state index >= 15 is 0 Å². The topological polar surface area (TPSA) is 50.4 Å². The summed E-state index contributed by atoms with van der Waals surface area (Å²) in [6.07, 6.45) is 9.28. The highest BCUT2D eigenvalue weighted by Gasteiger charge is 2.28. The summed E-state index contributed by atoms with van der Waals surface area (Å²) in [5.74, 6) is 6.30. The lowest BCUT2D eigenvalue weighted by atomic mass is 10.0. The first-order valence-corrected chi connectivity index (χ1v) is 13.8. The molecule has 1 aromatic carbocycles. The van der Waals surface area contributed by atoms with E-state index in [9.17, 15) is 4.79 Å². The first kappa shape index (κ1) is 28.7. The van der Waals surface area contributed by atoms with Crippen molar-refractivity contribution in [3.05, 3.63) is 30.3 Å². The molecule has 3 saturated carbocycles. The van der Waals surface area contributed by atoms with Gasteiger partial charge in [-0.1, -0.05) is 79.0 Å². The Kier molecular flexibility index (Phi) is 12.5. The number of rotatable bonds is 5. The minimum atomic E-state index is 0.108. The molecule has 0 spiro atoms. The number of carbonyl (C=O) groups excluding carboxylic acids is 1. The summed E-state index contributed by atoms with van der Waals surface area (Å²) < 4.78 is 5.63. The summed E-state index contributed by atoms with van der Waals surface area (Å²) in [6, 6.07) is 11.0. The Bertz CT molecular complexity index is 666. The molecule has 4 rings (SSSR count). The van der Waals surface area contributed by atoms with Crippen LogP contribution in [-0.4, -0.2) is 24.7 Å². The average molecular weight is 473 g/mol. The Morgan fingerprint density at radius 1 is 0.765 bits per heavy atom. The van der Waals surface area contributed by atoms with E-state index in [0.29, 0.717) is 18.8 Å². The normalized spacial score (nSPS) is 34.4. The zero-order valence-electron chi connectivity index (χ0n) is 23.0. The van der Waals surface area contributed by atoms with Gasteiger partial charge in [0.15, 0.2) is 0 Å². The van der Waals surface area contributed by atoms with Gasteiger partial charge < -0.3 is 10.1 Å². The SMILES string of the molecule is CC(=O)NC1CC(C)C(C)C1.CC1CC(NCOc2ccccc2)CC1C.CC1CCCC1C. The molecule has 0 aliphatic heterocycles. The fourth-order valence-electron chi connectivity index (χ4n) is 5.58. The number of hydrogen-bond donors (Lipinski definition) is 2. The zero-order chi connectivity index (χ0) is 25.1. The van der Waals surface area contributed by atoms with Gasteiger partial charge in [0.25, 0.3) is 0 Å². The number of amides is 1. The predicted octanol–water partition coefficient (Wildman–Crippen LogP) is 7.05. The molecule has 1 aromatic rings. The van der Waals surface area contributed by atoms with Crippen LogP contribution in [0.2, 0.25) is 0 Å². The van der Waals surface area contributed by atoms with E-state index in [1.54, 1.807) is 6.92 Å². The molecule has 0 saturated heterocycles. The summed E-state index contributed by atoms with van der Waals surface area (Å²) in [4.78, 5) is 10.7. The molecule has 0 bridgehead atoms. The number of benzene rings is 1. The summed E-state index contributed by atoms with van der Waals surface area (Å²) in [7, 11) is 0. The smallest absolute Gasteiger partial charge is 0.217 e. The van der Waals surface area contributed by atoms with Crippen molar-refractivity contribution < 1.29 is 9.53 Å². The van der Waals surface area contributed by atoms with Gasteiger partial charge in [0, 0.05) is 19.0 Å². The van der Waals surface area contributed by atoms with E-state index in [-0.39, 0.29) is 5.91 Å². The van der Waals surface area contributed by atoms with Crippen LogP contribution in [0.1, 0.15) is 93.4 Å². The molecule has 3 fully saturated rings. The van der Waals surface area contributed by atoms with Gasteiger partial charge in [-0.05, 0) is 73.3 Å². The Hall–Kier alpha value is -1.55. The molecule has 2 N–H and O–H groups in total. The number of nitrogens with one attached hydrogen (secondary N) is 2. The Morgan fingerprint density at radius 2 is 1.24 bits per heavy atom. The monoisotopic (exact) mass is 472 g/mol. The quantitative estimate of drug-likeness (QED) is 0.452. The highest BCUT2D eigenvalue weighted by Crippen LogP contribution is 2.32. The van der Waals surface area contributed by atoms with Crippen molar-refractivity contribution in [1.82, 2.24) is 10.6 Å². The minimum Gasteiger partial charge on any atom is -0.478 e. The Labute approximate surface area is 210 Å². The zero-order valence-corrected chi connectivity index (χ0v) is 23.0. The van der Waals surface area contributed by atoms with Crippen LogP contribution in [0.15, 0.2) is 30.3 Å². The highest BCUT2D eigenvalue weighted by atomic mass is 16.5. The maximum absolute atomic E-state index is 10.7. The molecule has 0 heterocycles. The molecule has 4 nitrogen and oxygen atoms in total. The van der Waals surface area contributed by atoms with Crippen molar-refractivity contribution in [1.29, 1.82) is 0 Å². The maximum Gasteiger partial charge on any atom is 0.217 e. The second kappa shape index (κ2) is 14.8. The number of para-hydroxylation sites is 1. The van der Waals surface area contributed by atoms with E-state index in [4.69, 9.17) is 4.74 Å². The standard InChI is InChI=1S/C14H21NO.C9H17NO.C7H14/c1-11-8-13(9-12(11)2)15-10-16-14-6-4-3-5-7-14;1-6-4-9(5-7(6)2)10-8(3)11;1-6-4-3-5-7(6)2/h3-7,11-13,15H,8-10H2,1-2H3;6-7,9H,4-5H2,1-3H3,(H,10,11);6-7H,3-5H2,1-2H3. The van der Waals surface area contributed by atoms with Gasteiger partial charge in [-0.15, -0.1) is 0 Å². The summed E-state index contributed by atoms with van der Waals surface area (Å²) in [6.45, 7) is 16.1. The number of carbonyl (C=O) groups is 1. The van der Waals surface area contributed by atoms with E-state index in [1.165, 1.54) is 32.1 Å². The predicted molar refractivity (Wildman–Crippen MR) is 144 cm³/mol. The van der Waals surface area contributed by atoms with Crippen LogP contribution >= 0.6 is 0 Å². The molecule has 0 radical (unpaired) electrons. The van der Waals surface area contributed by atoms with E-state index in [2.05, 4.69) is 52.2 Å². The largest absolute Gasteiger partial charge is 0.478 e. The molecule has 3 aliphatic rings. The fourth-order valence-corrected chi connectivity index (χ4v) is 5.58. The van der Waals surface area contributed by atoms with Crippen LogP contribution < -0.4 is 15.4 Å². The summed E-state index contributed by atoms with van der Waals surface area (Å²) >= 11 is 0. The van der Waals surface area contributed by atoms with Gasteiger partial charge in [-0.25, -0.2) is 0 Å². The summed E-state index contributed by atoms with van der Waals surface area (Å²) in [5, 5.41) is 6.43. The van der Waals surface area contributed by atoms with Gasteiger partial charge in [-0.3, -0.25) is 10.1 Å². The van der Waals surface area contributed by atoms with Crippen molar-refractivity contribution in [2.45, 2.75) is 105 Å². The van der Waals surface area contributed by atoms with Gasteiger partial charge in [-0.2, -0.15) is 0 Å². The van der Waals surface area contributed by atoms with Crippen molar-refractivity contribution in [3.8, 4) is 5.75 Å². The first-order chi connectivity index (χ1) is 16.2. The van der Waals surface area contributed by atoms with Gasteiger partial charge >= 0.3 is 0 Å². The fraction of sp³-hybridized carbons (Fsp3) is 0.767.